The first kappa shape index (κ1) is 16.7. The Hall–Kier alpha value is -2.18. The molecule has 0 atom stereocenters. The Bertz CT molecular complexity index is 746. The maximum absolute atomic E-state index is 5.42. The Kier molecular flexibility index (Phi) is 5.98. The van der Waals surface area contributed by atoms with Crippen molar-refractivity contribution in [3.05, 3.63) is 60.4 Å². The summed E-state index contributed by atoms with van der Waals surface area (Å²) in [6, 6.07) is 14.3. The van der Waals surface area contributed by atoms with Gasteiger partial charge in [0.2, 0.25) is 0 Å². The predicted molar refractivity (Wildman–Crippen MR) is 96.0 cm³/mol. The van der Waals surface area contributed by atoms with Gasteiger partial charge in [-0.05, 0) is 24.6 Å². The summed E-state index contributed by atoms with van der Waals surface area (Å²) >= 11 is 1.67. The maximum Gasteiger partial charge on any atom is 0.191 e. The summed E-state index contributed by atoms with van der Waals surface area (Å²) < 4.78 is 7.57. The van der Waals surface area contributed by atoms with Crippen molar-refractivity contribution in [2.45, 2.75) is 18.6 Å². The van der Waals surface area contributed by atoms with E-state index in [0.717, 1.165) is 35.4 Å². The monoisotopic (exact) mass is 340 g/mol. The first-order valence-electron chi connectivity index (χ1n) is 7.96. The molecule has 0 amide bonds. The molecule has 0 aliphatic rings. The maximum atomic E-state index is 5.42. The summed E-state index contributed by atoms with van der Waals surface area (Å²) in [7, 11) is 0. The van der Waals surface area contributed by atoms with E-state index in [1.165, 1.54) is 5.56 Å². The average molecular weight is 340 g/mol. The molecule has 3 rings (SSSR count). The van der Waals surface area contributed by atoms with Crippen LogP contribution in [-0.4, -0.2) is 38.7 Å². The van der Waals surface area contributed by atoms with Crippen LogP contribution in [0.25, 0.3) is 11.4 Å². The third-order valence-corrected chi connectivity index (χ3v) is 4.43. The van der Waals surface area contributed by atoms with Gasteiger partial charge in [0.05, 0.1) is 13.2 Å². The molecule has 0 unspecified atom stereocenters. The largest absolute Gasteiger partial charge is 0.381 e. The molecule has 3 aromatic rings. The number of benzene rings is 1. The molecule has 0 bridgehead atoms. The zero-order valence-electron chi connectivity index (χ0n) is 13.6. The summed E-state index contributed by atoms with van der Waals surface area (Å²) in [5.41, 5.74) is 2.24. The van der Waals surface area contributed by atoms with Crippen molar-refractivity contribution in [3.8, 4) is 11.4 Å². The number of hydrogen-bond acceptors (Lipinski definition) is 5. The van der Waals surface area contributed by atoms with Crippen molar-refractivity contribution < 1.29 is 4.74 Å². The zero-order chi connectivity index (χ0) is 16.6. The molecular formula is C18H20N4OS. The Morgan fingerprint density at radius 1 is 1.04 bits per heavy atom. The topological polar surface area (TPSA) is 52.8 Å². The predicted octanol–water partition coefficient (Wildman–Crippen LogP) is 3.52. The molecule has 5 nitrogen and oxygen atoms in total. The Morgan fingerprint density at radius 3 is 2.58 bits per heavy atom. The van der Waals surface area contributed by atoms with Gasteiger partial charge >= 0.3 is 0 Å². The van der Waals surface area contributed by atoms with E-state index in [-0.39, 0.29) is 0 Å². The minimum Gasteiger partial charge on any atom is -0.381 e. The molecule has 0 saturated heterocycles. The molecule has 2 aromatic heterocycles. The number of pyridine rings is 1. The molecule has 0 fully saturated rings. The molecule has 1 aromatic carbocycles. The van der Waals surface area contributed by atoms with Gasteiger partial charge in [-0.3, -0.25) is 9.55 Å². The molecule has 0 spiro atoms. The lowest BCUT2D eigenvalue weighted by molar-refractivity contribution is 0.164. The van der Waals surface area contributed by atoms with Crippen molar-refractivity contribution in [3.63, 3.8) is 0 Å². The van der Waals surface area contributed by atoms with Crippen molar-refractivity contribution >= 4 is 11.8 Å². The van der Waals surface area contributed by atoms with Crippen LogP contribution in [0.2, 0.25) is 0 Å². The summed E-state index contributed by atoms with van der Waals surface area (Å²) in [6.07, 6.45) is 3.55. The number of ether oxygens (including phenoxy) is 1. The minimum absolute atomic E-state index is 0.712. The normalized spacial score (nSPS) is 10.9. The van der Waals surface area contributed by atoms with Crippen LogP contribution >= 0.6 is 11.8 Å². The lowest BCUT2D eigenvalue weighted by atomic mass is 10.2. The smallest absolute Gasteiger partial charge is 0.191 e. The fourth-order valence-corrected chi connectivity index (χ4v) is 3.14. The zero-order valence-corrected chi connectivity index (χ0v) is 14.4. The number of nitrogens with zero attached hydrogens (tertiary/aromatic N) is 4. The van der Waals surface area contributed by atoms with Crippen LogP contribution in [-0.2, 0) is 11.3 Å². The summed E-state index contributed by atoms with van der Waals surface area (Å²) in [6.45, 7) is 4.19. The standard InChI is InChI=1S/C18H20N4OS/c1-2-23-12-13-24-18-21-20-17(16-8-10-19-11-9-16)22(18)14-15-6-4-3-5-7-15/h3-11H,2,12-14H2,1H3. The molecule has 24 heavy (non-hydrogen) atoms. The second-order valence-electron chi connectivity index (χ2n) is 5.16. The number of thioether (sulfide) groups is 1. The molecule has 0 radical (unpaired) electrons. The van der Waals surface area contributed by atoms with Gasteiger partial charge in [-0.1, -0.05) is 42.1 Å². The Labute approximate surface area is 146 Å². The molecule has 0 N–H and O–H groups in total. The summed E-state index contributed by atoms with van der Waals surface area (Å²) in [5.74, 6) is 1.72. The van der Waals surface area contributed by atoms with Gasteiger partial charge in [0.15, 0.2) is 11.0 Å². The van der Waals surface area contributed by atoms with Crippen molar-refractivity contribution in [2.24, 2.45) is 0 Å². The van der Waals surface area contributed by atoms with Crippen LogP contribution in [0, 0.1) is 0 Å². The first-order chi connectivity index (χ1) is 11.9. The fourth-order valence-electron chi connectivity index (χ4n) is 2.35. The number of rotatable bonds is 8. The Balaban J connectivity index is 1.87. The lowest BCUT2D eigenvalue weighted by Crippen LogP contribution is -2.05. The number of aromatic nitrogens is 4. The minimum atomic E-state index is 0.712. The third-order valence-electron chi connectivity index (χ3n) is 3.50. The molecule has 0 saturated carbocycles. The van der Waals surface area contributed by atoms with E-state index in [1.54, 1.807) is 24.2 Å². The molecule has 2 heterocycles. The van der Waals surface area contributed by atoms with Gasteiger partial charge < -0.3 is 4.74 Å². The van der Waals surface area contributed by atoms with E-state index < -0.39 is 0 Å². The molecule has 0 aliphatic carbocycles. The van der Waals surface area contributed by atoms with Gasteiger partial charge in [0, 0.05) is 30.3 Å². The van der Waals surface area contributed by atoms with Crippen LogP contribution in [0.4, 0.5) is 0 Å². The van der Waals surface area contributed by atoms with E-state index >= 15 is 0 Å². The van der Waals surface area contributed by atoms with Crippen LogP contribution < -0.4 is 0 Å². The van der Waals surface area contributed by atoms with Crippen molar-refractivity contribution in [1.29, 1.82) is 0 Å². The van der Waals surface area contributed by atoms with Crippen LogP contribution in [0.1, 0.15) is 12.5 Å². The van der Waals surface area contributed by atoms with E-state index in [0.29, 0.717) is 6.61 Å². The quantitative estimate of drug-likeness (QED) is 0.464. The van der Waals surface area contributed by atoms with Gasteiger partial charge in [0.25, 0.3) is 0 Å². The highest BCUT2D eigenvalue weighted by Crippen LogP contribution is 2.24. The van der Waals surface area contributed by atoms with E-state index in [1.807, 2.05) is 37.3 Å². The van der Waals surface area contributed by atoms with Crippen LogP contribution in [0.5, 0.6) is 0 Å². The van der Waals surface area contributed by atoms with Gasteiger partial charge in [-0.2, -0.15) is 0 Å². The summed E-state index contributed by atoms with van der Waals surface area (Å²) in [5, 5.41) is 9.70. The molecule has 6 heteroatoms. The Morgan fingerprint density at radius 2 is 1.83 bits per heavy atom. The third kappa shape index (κ3) is 4.21. The van der Waals surface area contributed by atoms with E-state index in [4.69, 9.17) is 4.74 Å². The molecule has 124 valence electrons. The molecular weight excluding hydrogens is 320 g/mol. The van der Waals surface area contributed by atoms with Crippen LogP contribution in [0.15, 0.2) is 60.0 Å². The van der Waals surface area contributed by atoms with Gasteiger partial charge in [-0.15, -0.1) is 10.2 Å². The SMILES string of the molecule is CCOCCSc1nnc(-c2ccncc2)n1Cc1ccccc1. The van der Waals surface area contributed by atoms with E-state index in [9.17, 15) is 0 Å². The summed E-state index contributed by atoms with van der Waals surface area (Å²) in [4.78, 5) is 4.08. The highest BCUT2D eigenvalue weighted by molar-refractivity contribution is 7.99. The van der Waals surface area contributed by atoms with Gasteiger partial charge in [0.1, 0.15) is 0 Å². The highest BCUT2D eigenvalue weighted by Gasteiger charge is 2.14. The van der Waals surface area contributed by atoms with Crippen LogP contribution in [0.3, 0.4) is 0 Å². The number of hydrogen-bond donors (Lipinski definition) is 0. The molecule has 0 aliphatic heterocycles. The first-order valence-corrected chi connectivity index (χ1v) is 8.95. The lowest BCUT2D eigenvalue weighted by Gasteiger charge is -2.10. The highest BCUT2D eigenvalue weighted by atomic mass is 32.2. The van der Waals surface area contributed by atoms with E-state index in [2.05, 4.69) is 31.9 Å². The fraction of sp³-hybridized carbons (Fsp3) is 0.278. The van der Waals surface area contributed by atoms with Crippen molar-refractivity contribution in [1.82, 2.24) is 19.7 Å². The van der Waals surface area contributed by atoms with Crippen molar-refractivity contribution in [2.75, 3.05) is 19.0 Å². The second-order valence-corrected chi connectivity index (χ2v) is 6.22. The average Bonchev–Trinajstić information content (AvgIpc) is 3.03. The van der Waals surface area contributed by atoms with Gasteiger partial charge in [-0.25, -0.2) is 0 Å². The second kappa shape index (κ2) is 8.61.